The third-order valence-corrected chi connectivity index (χ3v) is 6.91. The predicted octanol–water partition coefficient (Wildman–Crippen LogP) is 4.08. The van der Waals surface area contributed by atoms with Crippen molar-refractivity contribution < 1.29 is 9.53 Å². The summed E-state index contributed by atoms with van der Waals surface area (Å²) >= 11 is 1.65. The zero-order chi connectivity index (χ0) is 17.6. The molecule has 1 spiro atoms. The molecule has 2 amide bonds. The molecule has 6 heteroatoms. The summed E-state index contributed by atoms with van der Waals surface area (Å²) < 4.78 is 6.15. The summed E-state index contributed by atoms with van der Waals surface area (Å²) in [5.74, 6) is 0. The molecule has 0 radical (unpaired) electrons. The molecular weight excluding hydrogens is 346 g/mol. The highest BCUT2D eigenvalue weighted by molar-refractivity contribution is 7.15. The van der Waals surface area contributed by atoms with Gasteiger partial charge < -0.3 is 9.64 Å². The van der Waals surface area contributed by atoms with Crippen LogP contribution in [0.5, 0.6) is 0 Å². The first-order valence-electron chi connectivity index (χ1n) is 9.50. The van der Waals surface area contributed by atoms with E-state index in [1.165, 1.54) is 41.0 Å². The smallest absolute Gasteiger partial charge is 0.323 e. The fourth-order valence-corrected chi connectivity index (χ4v) is 5.47. The maximum atomic E-state index is 12.8. The molecule has 1 unspecified atom stereocenters. The Kier molecular flexibility index (Phi) is 3.98. The number of likely N-dealkylation sites (tertiary alicyclic amines) is 1. The lowest BCUT2D eigenvalue weighted by Gasteiger charge is -2.24. The average molecular weight is 369 g/mol. The van der Waals surface area contributed by atoms with E-state index in [0.29, 0.717) is 19.7 Å². The number of rotatable bonds is 1. The van der Waals surface area contributed by atoms with Gasteiger partial charge in [0, 0.05) is 17.8 Å². The molecule has 0 saturated carbocycles. The van der Waals surface area contributed by atoms with E-state index in [-0.39, 0.29) is 11.6 Å². The topological polar surface area (TPSA) is 54.5 Å². The SMILES string of the molecule is O=C(Nc1nc2c(s1)CCCCC2)N1CCC2(C1)OCc1ccccc12. The van der Waals surface area contributed by atoms with E-state index < -0.39 is 0 Å². The van der Waals surface area contributed by atoms with E-state index in [1.54, 1.807) is 11.3 Å². The van der Waals surface area contributed by atoms with Gasteiger partial charge >= 0.3 is 6.03 Å². The minimum absolute atomic E-state index is 0.0567. The predicted molar refractivity (Wildman–Crippen MR) is 101 cm³/mol. The minimum Gasteiger partial charge on any atom is -0.364 e. The number of amides is 2. The third kappa shape index (κ3) is 2.72. The number of aromatic nitrogens is 1. The molecule has 3 heterocycles. The van der Waals surface area contributed by atoms with Crippen molar-refractivity contribution >= 4 is 22.5 Å². The van der Waals surface area contributed by atoms with Crippen LogP contribution < -0.4 is 5.32 Å². The maximum Gasteiger partial charge on any atom is 0.323 e. The van der Waals surface area contributed by atoms with E-state index in [2.05, 4.69) is 28.5 Å². The van der Waals surface area contributed by atoms with Crippen LogP contribution in [0, 0.1) is 0 Å². The molecule has 1 aromatic heterocycles. The molecule has 2 aliphatic heterocycles. The van der Waals surface area contributed by atoms with Crippen molar-refractivity contribution in [1.29, 1.82) is 0 Å². The molecule has 1 aliphatic carbocycles. The second kappa shape index (κ2) is 6.35. The van der Waals surface area contributed by atoms with Crippen molar-refractivity contribution in [3.05, 3.63) is 46.0 Å². The molecule has 3 aliphatic rings. The summed E-state index contributed by atoms with van der Waals surface area (Å²) in [5, 5.41) is 3.78. The Morgan fingerprint density at radius 1 is 1.23 bits per heavy atom. The van der Waals surface area contributed by atoms with E-state index in [4.69, 9.17) is 4.74 Å². The molecule has 5 rings (SSSR count). The molecule has 0 bridgehead atoms. The molecule has 1 fully saturated rings. The van der Waals surface area contributed by atoms with Gasteiger partial charge in [-0.25, -0.2) is 9.78 Å². The Morgan fingerprint density at radius 3 is 3.08 bits per heavy atom. The lowest BCUT2D eigenvalue weighted by atomic mass is 9.92. The fraction of sp³-hybridized carbons (Fsp3) is 0.500. The van der Waals surface area contributed by atoms with E-state index >= 15 is 0 Å². The van der Waals surface area contributed by atoms with Gasteiger partial charge in [-0.15, -0.1) is 11.3 Å². The van der Waals surface area contributed by atoms with Gasteiger partial charge in [0.05, 0.1) is 18.8 Å². The van der Waals surface area contributed by atoms with Crippen molar-refractivity contribution in [3.8, 4) is 0 Å². The summed E-state index contributed by atoms with van der Waals surface area (Å²) in [6.45, 7) is 1.97. The molecule has 5 nitrogen and oxygen atoms in total. The highest BCUT2D eigenvalue weighted by atomic mass is 32.1. The molecule has 2 aromatic rings. The summed E-state index contributed by atoms with van der Waals surface area (Å²) in [5.41, 5.74) is 3.36. The van der Waals surface area contributed by atoms with Crippen LogP contribution in [0.2, 0.25) is 0 Å². The Bertz CT molecular complexity index is 826. The first-order chi connectivity index (χ1) is 12.7. The Labute approximate surface area is 157 Å². The van der Waals surface area contributed by atoms with Crippen LogP contribution in [-0.2, 0) is 29.8 Å². The number of thiazole rings is 1. The van der Waals surface area contributed by atoms with Crippen molar-refractivity contribution in [2.45, 2.75) is 50.7 Å². The fourth-order valence-electron chi connectivity index (χ4n) is 4.43. The van der Waals surface area contributed by atoms with Gasteiger partial charge in [0.1, 0.15) is 5.60 Å². The number of carbonyl (C=O) groups excluding carboxylic acids is 1. The lowest BCUT2D eigenvalue weighted by Crippen LogP contribution is -2.36. The normalized spacial score (nSPS) is 24.4. The first-order valence-corrected chi connectivity index (χ1v) is 10.3. The number of hydrogen-bond acceptors (Lipinski definition) is 4. The number of anilines is 1. The summed E-state index contributed by atoms with van der Waals surface area (Å²) in [4.78, 5) is 20.7. The Balaban J connectivity index is 1.29. The second-order valence-electron chi connectivity index (χ2n) is 7.49. The number of urea groups is 1. The zero-order valence-electron chi connectivity index (χ0n) is 14.8. The van der Waals surface area contributed by atoms with Crippen LogP contribution in [0.4, 0.5) is 9.93 Å². The highest BCUT2D eigenvalue weighted by Gasteiger charge is 2.46. The maximum absolute atomic E-state index is 12.8. The Morgan fingerprint density at radius 2 is 2.12 bits per heavy atom. The van der Waals surface area contributed by atoms with Crippen LogP contribution in [0.25, 0.3) is 0 Å². The van der Waals surface area contributed by atoms with Gasteiger partial charge in [0.2, 0.25) is 0 Å². The van der Waals surface area contributed by atoms with E-state index in [0.717, 1.165) is 24.4 Å². The monoisotopic (exact) mass is 369 g/mol. The van der Waals surface area contributed by atoms with Gasteiger partial charge in [-0.2, -0.15) is 0 Å². The van der Waals surface area contributed by atoms with Crippen LogP contribution in [0.3, 0.4) is 0 Å². The lowest BCUT2D eigenvalue weighted by molar-refractivity contribution is -0.0269. The Hall–Kier alpha value is -1.92. The molecule has 136 valence electrons. The quantitative estimate of drug-likeness (QED) is 0.771. The van der Waals surface area contributed by atoms with Gasteiger partial charge in [0.15, 0.2) is 5.13 Å². The van der Waals surface area contributed by atoms with Crippen LogP contribution >= 0.6 is 11.3 Å². The summed E-state index contributed by atoms with van der Waals surface area (Å²) in [6.07, 6.45) is 6.71. The summed E-state index contributed by atoms with van der Waals surface area (Å²) in [6, 6.07) is 8.31. The third-order valence-electron chi connectivity index (χ3n) is 5.84. The number of aryl methyl sites for hydroxylation is 2. The number of nitrogens with one attached hydrogen (secondary N) is 1. The zero-order valence-corrected chi connectivity index (χ0v) is 15.6. The molecule has 1 saturated heterocycles. The molecular formula is C20H23N3O2S. The standard InChI is InChI=1S/C20H23N3O2S/c24-19(22-18-21-16-8-2-1-3-9-17(16)26-18)23-11-10-20(13-23)15-7-5-4-6-14(15)12-25-20/h4-7H,1-3,8-13H2,(H,21,22,24). The molecule has 1 aromatic carbocycles. The number of carbonyl (C=O) groups is 1. The van der Waals surface area contributed by atoms with Crippen molar-refractivity contribution in [2.75, 3.05) is 18.4 Å². The first kappa shape index (κ1) is 16.3. The van der Waals surface area contributed by atoms with Gasteiger partial charge in [-0.05, 0) is 36.8 Å². The van der Waals surface area contributed by atoms with Crippen molar-refractivity contribution in [1.82, 2.24) is 9.88 Å². The van der Waals surface area contributed by atoms with Crippen LogP contribution in [-0.4, -0.2) is 29.0 Å². The van der Waals surface area contributed by atoms with Gasteiger partial charge in [0.25, 0.3) is 0 Å². The van der Waals surface area contributed by atoms with Crippen LogP contribution in [0.1, 0.15) is 47.4 Å². The second-order valence-corrected chi connectivity index (χ2v) is 8.57. The van der Waals surface area contributed by atoms with Gasteiger partial charge in [-0.3, -0.25) is 5.32 Å². The largest absolute Gasteiger partial charge is 0.364 e. The molecule has 1 atom stereocenters. The van der Waals surface area contributed by atoms with Crippen molar-refractivity contribution in [3.63, 3.8) is 0 Å². The number of nitrogens with zero attached hydrogens (tertiary/aromatic N) is 2. The van der Waals surface area contributed by atoms with E-state index in [1.807, 2.05) is 11.0 Å². The minimum atomic E-state index is -0.325. The van der Waals surface area contributed by atoms with Gasteiger partial charge in [-0.1, -0.05) is 30.7 Å². The van der Waals surface area contributed by atoms with Crippen molar-refractivity contribution in [2.24, 2.45) is 0 Å². The molecule has 1 N–H and O–H groups in total. The van der Waals surface area contributed by atoms with Crippen LogP contribution in [0.15, 0.2) is 24.3 Å². The molecule has 26 heavy (non-hydrogen) atoms. The average Bonchev–Trinajstić information content (AvgIpc) is 3.31. The number of fused-ring (bicyclic) bond motifs is 3. The summed E-state index contributed by atoms with van der Waals surface area (Å²) in [7, 11) is 0. The highest BCUT2D eigenvalue weighted by Crippen LogP contribution is 2.43. The number of benzene rings is 1. The number of ether oxygens (including phenoxy) is 1. The number of hydrogen-bond donors (Lipinski definition) is 1. The van der Waals surface area contributed by atoms with E-state index in [9.17, 15) is 4.79 Å².